The zero-order valence-electron chi connectivity index (χ0n) is 8.15. The minimum absolute atomic E-state index is 0.521. The number of hydrogen-bond donors (Lipinski definition) is 3. The van der Waals surface area contributed by atoms with Gasteiger partial charge in [0.1, 0.15) is 17.7 Å². The molecule has 5 nitrogen and oxygen atoms in total. The van der Waals surface area contributed by atoms with Crippen molar-refractivity contribution in [3.8, 4) is 0 Å². The molecule has 0 amide bonds. The van der Waals surface area contributed by atoms with Crippen LogP contribution in [0.2, 0.25) is 0 Å². The van der Waals surface area contributed by atoms with E-state index in [0.29, 0.717) is 0 Å². The van der Waals surface area contributed by atoms with Gasteiger partial charge in [0.15, 0.2) is 0 Å². The highest BCUT2D eigenvalue weighted by atomic mass is 16.6. The van der Waals surface area contributed by atoms with E-state index >= 15 is 0 Å². The Balaban J connectivity index is 4.23. The molecule has 2 unspecified atom stereocenters. The summed E-state index contributed by atoms with van der Waals surface area (Å²) in [5.74, 6) is -1.76. The van der Waals surface area contributed by atoms with Gasteiger partial charge in [-0.25, -0.2) is 0 Å². The molecule has 13 heavy (non-hydrogen) atoms. The van der Waals surface area contributed by atoms with Crippen molar-refractivity contribution in [2.75, 3.05) is 6.61 Å². The standard InChI is InChI=1S/C8H17NO4/c1-8(2,3)13-7(12)5(4-10)6(9)11/h5-6,10-11H,4,9H2,1-3H3. The van der Waals surface area contributed by atoms with E-state index in [0.717, 1.165) is 0 Å². The third-order valence-corrected chi connectivity index (χ3v) is 1.32. The third kappa shape index (κ3) is 4.82. The van der Waals surface area contributed by atoms with Gasteiger partial charge in [-0.2, -0.15) is 0 Å². The Labute approximate surface area is 77.5 Å². The summed E-state index contributed by atoms with van der Waals surface area (Å²) in [6.45, 7) is 4.57. The first-order valence-electron chi connectivity index (χ1n) is 4.05. The van der Waals surface area contributed by atoms with E-state index in [9.17, 15) is 4.79 Å². The predicted molar refractivity (Wildman–Crippen MR) is 46.6 cm³/mol. The molecule has 0 aromatic carbocycles. The molecule has 78 valence electrons. The topological polar surface area (TPSA) is 92.8 Å². The van der Waals surface area contributed by atoms with Gasteiger partial charge in [-0.1, -0.05) is 0 Å². The first kappa shape index (κ1) is 12.3. The van der Waals surface area contributed by atoms with Gasteiger partial charge >= 0.3 is 5.97 Å². The molecule has 0 radical (unpaired) electrons. The largest absolute Gasteiger partial charge is 0.460 e. The maximum atomic E-state index is 11.2. The van der Waals surface area contributed by atoms with E-state index in [2.05, 4.69) is 0 Å². The Hall–Kier alpha value is -0.650. The van der Waals surface area contributed by atoms with Gasteiger partial charge in [0.05, 0.1) is 6.61 Å². The molecule has 2 atom stereocenters. The van der Waals surface area contributed by atoms with E-state index in [4.69, 9.17) is 20.7 Å². The zero-order valence-corrected chi connectivity index (χ0v) is 8.15. The molecule has 0 aromatic heterocycles. The van der Waals surface area contributed by atoms with E-state index < -0.39 is 30.3 Å². The van der Waals surface area contributed by atoms with Crippen LogP contribution in [0.1, 0.15) is 20.8 Å². The Bertz CT molecular complexity index is 173. The molecule has 0 aliphatic rings. The average Bonchev–Trinajstić information content (AvgIpc) is 1.82. The number of hydrogen-bond acceptors (Lipinski definition) is 5. The molecule has 0 rings (SSSR count). The van der Waals surface area contributed by atoms with Gasteiger partial charge in [-0.15, -0.1) is 0 Å². The molecular weight excluding hydrogens is 174 g/mol. The first-order valence-corrected chi connectivity index (χ1v) is 4.05. The zero-order chi connectivity index (χ0) is 10.6. The van der Waals surface area contributed by atoms with Gasteiger partial charge in [-0.05, 0) is 20.8 Å². The van der Waals surface area contributed by atoms with Crippen LogP contribution in [-0.4, -0.2) is 34.6 Å². The summed E-state index contributed by atoms with van der Waals surface area (Å²) in [7, 11) is 0. The summed E-state index contributed by atoms with van der Waals surface area (Å²) < 4.78 is 4.91. The van der Waals surface area contributed by atoms with Gasteiger partial charge < -0.3 is 20.7 Å². The fourth-order valence-electron chi connectivity index (χ4n) is 0.699. The second kappa shape index (κ2) is 4.55. The first-order chi connectivity index (χ1) is 5.78. The van der Waals surface area contributed by atoms with Crippen LogP contribution in [0, 0.1) is 5.92 Å². The lowest BCUT2D eigenvalue weighted by molar-refractivity contribution is -0.165. The maximum absolute atomic E-state index is 11.2. The van der Waals surface area contributed by atoms with Gasteiger partial charge in [0.2, 0.25) is 0 Å². The maximum Gasteiger partial charge on any atom is 0.315 e. The monoisotopic (exact) mass is 191 g/mol. The lowest BCUT2D eigenvalue weighted by atomic mass is 10.1. The van der Waals surface area contributed by atoms with Crippen molar-refractivity contribution in [3.63, 3.8) is 0 Å². The summed E-state index contributed by atoms with van der Waals surface area (Å²) in [4.78, 5) is 11.2. The van der Waals surface area contributed by atoms with Crippen molar-refractivity contribution in [1.29, 1.82) is 0 Å². The number of carbonyl (C=O) groups excluding carboxylic acids is 1. The average molecular weight is 191 g/mol. The van der Waals surface area contributed by atoms with Crippen molar-refractivity contribution in [1.82, 2.24) is 0 Å². The van der Waals surface area contributed by atoms with E-state index in [1.165, 1.54) is 0 Å². The van der Waals surface area contributed by atoms with Crippen LogP contribution in [0.15, 0.2) is 0 Å². The van der Waals surface area contributed by atoms with Crippen molar-refractivity contribution >= 4 is 5.97 Å². The lowest BCUT2D eigenvalue weighted by Crippen LogP contribution is -2.41. The van der Waals surface area contributed by atoms with Gasteiger partial charge in [0.25, 0.3) is 0 Å². The Kier molecular flexibility index (Phi) is 4.32. The second-order valence-corrected chi connectivity index (χ2v) is 3.81. The number of ether oxygens (including phenoxy) is 1. The predicted octanol–water partition coefficient (Wildman–Crippen LogP) is -0.786. The van der Waals surface area contributed by atoms with Crippen molar-refractivity contribution in [2.45, 2.75) is 32.6 Å². The number of carbonyl (C=O) groups is 1. The molecule has 0 fully saturated rings. The summed E-state index contributed by atoms with van der Waals surface area (Å²) in [5.41, 5.74) is 4.42. The summed E-state index contributed by atoms with van der Waals surface area (Å²) in [6, 6.07) is 0. The number of esters is 1. The molecule has 0 saturated carbocycles. The fourth-order valence-corrected chi connectivity index (χ4v) is 0.699. The van der Waals surface area contributed by atoms with Gasteiger partial charge in [-0.3, -0.25) is 4.79 Å². The van der Waals surface area contributed by atoms with Gasteiger partial charge in [0, 0.05) is 0 Å². The van der Waals surface area contributed by atoms with Crippen LogP contribution in [-0.2, 0) is 9.53 Å². The highest BCUT2D eigenvalue weighted by Crippen LogP contribution is 2.11. The quantitative estimate of drug-likeness (QED) is 0.401. The van der Waals surface area contributed by atoms with E-state index in [1.807, 2.05) is 0 Å². The summed E-state index contributed by atoms with van der Waals surface area (Å²) >= 11 is 0. The molecule has 0 aromatic rings. The van der Waals surface area contributed by atoms with Crippen LogP contribution in [0.5, 0.6) is 0 Å². The van der Waals surface area contributed by atoms with E-state index in [1.54, 1.807) is 20.8 Å². The molecule has 0 spiro atoms. The summed E-state index contributed by atoms with van der Waals surface area (Å²) in [6.07, 6.45) is -1.39. The number of rotatable bonds is 3. The molecule has 4 N–H and O–H groups in total. The van der Waals surface area contributed by atoms with Crippen LogP contribution in [0.3, 0.4) is 0 Å². The minimum Gasteiger partial charge on any atom is -0.460 e. The van der Waals surface area contributed by atoms with Crippen LogP contribution < -0.4 is 5.73 Å². The fraction of sp³-hybridized carbons (Fsp3) is 0.875. The number of aliphatic hydroxyl groups excluding tert-OH is 2. The highest BCUT2D eigenvalue weighted by molar-refractivity contribution is 5.73. The SMILES string of the molecule is CC(C)(C)OC(=O)C(CO)C(N)O. The molecule has 0 bridgehead atoms. The second-order valence-electron chi connectivity index (χ2n) is 3.81. The van der Waals surface area contributed by atoms with Crippen LogP contribution in [0.25, 0.3) is 0 Å². The van der Waals surface area contributed by atoms with Crippen molar-refractivity contribution in [2.24, 2.45) is 11.7 Å². The molecular formula is C8H17NO4. The number of nitrogens with two attached hydrogens (primary N) is 1. The van der Waals surface area contributed by atoms with Crippen molar-refractivity contribution in [3.05, 3.63) is 0 Å². The third-order valence-electron chi connectivity index (χ3n) is 1.32. The minimum atomic E-state index is -1.39. The Morgan fingerprint density at radius 2 is 2.00 bits per heavy atom. The molecule has 5 heteroatoms. The Morgan fingerprint density at radius 3 is 2.23 bits per heavy atom. The highest BCUT2D eigenvalue weighted by Gasteiger charge is 2.28. The van der Waals surface area contributed by atoms with E-state index in [-0.39, 0.29) is 0 Å². The summed E-state index contributed by atoms with van der Waals surface area (Å²) in [5, 5.41) is 17.6. The Morgan fingerprint density at radius 1 is 1.54 bits per heavy atom. The lowest BCUT2D eigenvalue weighted by Gasteiger charge is -2.23. The molecule has 0 heterocycles. The smallest absolute Gasteiger partial charge is 0.315 e. The molecule has 0 saturated heterocycles. The normalized spacial score (nSPS) is 16.5. The van der Waals surface area contributed by atoms with Crippen LogP contribution >= 0.6 is 0 Å². The van der Waals surface area contributed by atoms with Crippen LogP contribution in [0.4, 0.5) is 0 Å². The number of aliphatic hydroxyl groups is 2. The molecule has 0 aliphatic heterocycles. The van der Waals surface area contributed by atoms with Crippen molar-refractivity contribution < 1.29 is 19.7 Å². The molecule has 0 aliphatic carbocycles.